The van der Waals surface area contributed by atoms with Gasteiger partial charge in [-0.3, -0.25) is 9.78 Å². The minimum atomic E-state index is -0.383. The molecule has 0 saturated heterocycles. The molecule has 0 aliphatic heterocycles. The maximum atomic E-state index is 12.8. The molecular weight excluding hydrogens is 368 g/mol. The molecule has 1 amide bonds. The molecule has 0 bridgehead atoms. The van der Waals surface area contributed by atoms with Crippen molar-refractivity contribution in [1.82, 2.24) is 9.97 Å². The maximum Gasteiger partial charge on any atom is 0.237 e. The summed E-state index contributed by atoms with van der Waals surface area (Å²) in [5.74, 6) is -0.119. The van der Waals surface area contributed by atoms with E-state index < -0.39 is 0 Å². The average molecular weight is 388 g/mol. The SMILES string of the molecule is Cc1cc(NC(=O)C(C)Sc2nc3c(cc2C#N)CCC3)c2ccccc2n1. The molecule has 1 unspecified atom stereocenters. The maximum absolute atomic E-state index is 12.8. The molecule has 1 atom stereocenters. The smallest absolute Gasteiger partial charge is 0.237 e. The molecule has 0 spiro atoms. The van der Waals surface area contributed by atoms with Crippen molar-refractivity contribution in [3.8, 4) is 6.07 Å². The number of benzene rings is 1. The Labute approximate surface area is 168 Å². The Morgan fingerprint density at radius 3 is 2.89 bits per heavy atom. The number of aryl methyl sites for hydroxylation is 3. The second-order valence-corrected chi connectivity index (χ2v) is 8.32. The number of carbonyl (C=O) groups excluding carboxylic acids is 1. The van der Waals surface area contributed by atoms with Gasteiger partial charge >= 0.3 is 0 Å². The number of carbonyl (C=O) groups is 1. The number of nitrogens with one attached hydrogen (secondary N) is 1. The molecule has 1 aliphatic rings. The van der Waals surface area contributed by atoms with E-state index in [1.807, 2.05) is 50.2 Å². The fraction of sp³-hybridized carbons (Fsp3) is 0.273. The van der Waals surface area contributed by atoms with Gasteiger partial charge < -0.3 is 5.32 Å². The van der Waals surface area contributed by atoms with Crippen LogP contribution in [0.1, 0.15) is 35.9 Å². The molecular formula is C22H20N4OS. The highest BCUT2D eigenvalue weighted by Gasteiger charge is 2.22. The Kier molecular flexibility index (Phi) is 5.01. The minimum Gasteiger partial charge on any atom is -0.324 e. The highest BCUT2D eigenvalue weighted by molar-refractivity contribution is 8.00. The molecule has 3 aromatic rings. The van der Waals surface area contributed by atoms with E-state index in [2.05, 4.69) is 21.4 Å². The highest BCUT2D eigenvalue weighted by atomic mass is 32.2. The summed E-state index contributed by atoms with van der Waals surface area (Å²) in [6, 6.07) is 13.8. The lowest BCUT2D eigenvalue weighted by Crippen LogP contribution is -2.23. The molecule has 140 valence electrons. The van der Waals surface area contributed by atoms with Gasteiger partial charge in [0.05, 0.1) is 22.0 Å². The lowest BCUT2D eigenvalue weighted by Gasteiger charge is -2.15. The van der Waals surface area contributed by atoms with Gasteiger partial charge in [0.2, 0.25) is 5.91 Å². The van der Waals surface area contributed by atoms with Crippen molar-refractivity contribution in [2.45, 2.75) is 43.4 Å². The van der Waals surface area contributed by atoms with Crippen molar-refractivity contribution in [2.24, 2.45) is 0 Å². The van der Waals surface area contributed by atoms with Crippen LogP contribution in [-0.2, 0) is 17.6 Å². The van der Waals surface area contributed by atoms with Crippen LogP contribution in [0, 0.1) is 18.3 Å². The summed E-state index contributed by atoms with van der Waals surface area (Å²) < 4.78 is 0. The number of aromatic nitrogens is 2. The molecule has 0 saturated carbocycles. The number of nitrogens with zero attached hydrogens (tertiary/aromatic N) is 3. The quantitative estimate of drug-likeness (QED) is 0.670. The second-order valence-electron chi connectivity index (χ2n) is 6.99. The number of amides is 1. The van der Waals surface area contributed by atoms with Crippen LogP contribution in [0.3, 0.4) is 0 Å². The van der Waals surface area contributed by atoms with Crippen LogP contribution in [0.5, 0.6) is 0 Å². The van der Waals surface area contributed by atoms with E-state index in [0.29, 0.717) is 10.6 Å². The third-order valence-corrected chi connectivity index (χ3v) is 6.00. The van der Waals surface area contributed by atoms with Crippen LogP contribution in [0.25, 0.3) is 10.9 Å². The second kappa shape index (κ2) is 7.61. The van der Waals surface area contributed by atoms with Crippen LogP contribution in [0.4, 0.5) is 5.69 Å². The van der Waals surface area contributed by atoms with Crippen molar-refractivity contribution in [2.75, 3.05) is 5.32 Å². The van der Waals surface area contributed by atoms with E-state index in [0.717, 1.165) is 52.8 Å². The molecule has 2 heterocycles. The highest BCUT2D eigenvalue weighted by Crippen LogP contribution is 2.31. The van der Waals surface area contributed by atoms with Crippen LogP contribution < -0.4 is 5.32 Å². The van der Waals surface area contributed by atoms with E-state index in [1.54, 1.807) is 0 Å². The van der Waals surface area contributed by atoms with E-state index in [-0.39, 0.29) is 11.2 Å². The fourth-order valence-corrected chi connectivity index (χ4v) is 4.38. The molecule has 1 aromatic carbocycles. The van der Waals surface area contributed by atoms with Gasteiger partial charge in [-0.1, -0.05) is 30.0 Å². The number of anilines is 1. The Bertz CT molecular complexity index is 1120. The zero-order valence-corrected chi connectivity index (χ0v) is 16.6. The van der Waals surface area contributed by atoms with Crippen molar-refractivity contribution in [3.05, 3.63) is 58.9 Å². The minimum absolute atomic E-state index is 0.119. The number of rotatable bonds is 4. The average Bonchev–Trinajstić information content (AvgIpc) is 3.14. The summed E-state index contributed by atoms with van der Waals surface area (Å²) in [6.07, 6.45) is 3.00. The van der Waals surface area contributed by atoms with Gasteiger partial charge in [-0.15, -0.1) is 0 Å². The monoisotopic (exact) mass is 388 g/mol. The predicted octanol–water partition coefficient (Wildman–Crippen LogP) is 4.42. The first kappa shape index (κ1) is 18.5. The molecule has 5 nitrogen and oxygen atoms in total. The lowest BCUT2D eigenvalue weighted by atomic mass is 10.1. The number of fused-ring (bicyclic) bond motifs is 2. The van der Waals surface area contributed by atoms with Gasteiger partial charge in [0.25, 0.3) is 0 Å². The van der Waals surface area contributed by atoms with Gasteiger partial charge in [-0.25, -0.2) is 4.98 Å². The third kappa shape index (κ3) is 3.58. The first-order valence-corrected chi connectivity index (χ1v) is 10.2. The van der Waals surface area contributed by atoms with Gasteiger partial charge in [-0.05, 0) is 56.9 Å². The molecule has 0 fully saturated rings. The van der Waals surface area contributed by atoms with Gasteiger partial charge in [0.1, 0.15) is 11.1 Å². The van der Waals surface area contributed by atoms with E-state index in [9.17, 15) is 10.1 Å². The van der Waals surface area contributed by atoms with Crippen molar-refractivity contribution in [3.63, 3.8) is 0 Å². The standard InChI is InChI=1S/C22H20N4OS/c1-13-10-20(17-7-3-4-8-19(17)24-13)25-21(27)14(2)28-22-16(12-23)11-15-6-5-9-18(15)26-22/h3-4,7-8,10-11,14H,5-6,9H2,1-2H3,(H,24,25,27). The Morgan fingerprint density at radius 1 is 1.25 bits per heavy atom. The summed E-state index contributed by atoms with van der Waals surface area (Å²) in [5.41, 5.74) is 5.23. The summed E-state index contributed by atoms with van der Waals surface area (Å²) in [7, 11) is 0. The van der Waals surface area contributed by atoms with Crippen LogP contribution in [0.2, 0.25) is 0 Å². The zero-order valence-electron chi connectivity index (χ0n) is 15.8. The first-order valence-electron chi connectivity index (χ1n) is 9.32. The van der Waals surface area contributed by atoms with Gasteiger partial charge in [0, 0.05) is 16.8 Å². The van der Waals surface area contributed by atoms with Crippen molar-refractivity contribution >= 4 is 34.3 Å². The molecule has 6 heteroatoms. The number of nitriles is 1. The van der Waals surface area contributed by atoms with Crippen LogP contribution >= 0.6 is 11.8 Å². The van der Waals surface area contributed by atoms with Gasteiger partial charge in [0.15, 0.2) is 0 Å². The fourth-order valence-electron chi connectivity index (χ4n) is 3.49. The van der Waals surface area contributed by atoms with Gasteiger partial charge in [-0.2, -0.15) is 5.26 Å². The number of thioether (sulfide) groups is 1. The first-order chi connectivity index (χ1) is 13.5. The Morgan fingerprint density at radius 2 is 2.07 bits per heavy atom. The predicted molar refractivity (Wildman–Crippen MR) is 111 cm³/mol. The number of hydrogen-bond donors (Lipinski definition) is 1. The Hall–Kier alpha value is -2.91. The van der Waals surface area contributed by atoms with Crippen molar-refractivity contribution in [1.29, 1.82) is 5.26 Å². The van der Waals surface area contributed by atoms with Crippen molar-refractivity contribution < 1.29 is 4.79 Å². The third-order valence-electron chi connectivity index (χ3n) is 4.90. The number of para-hydroxylation sites is 1. The van der Waals surface area contributed by atoms with E-state index in [4.69, 9.17) is 0 Å². The lowest BCUT2D eigenvalue weighted by molar-refractivity contribution is -0.115. The molecule has 2 aromatic heterocycles. The zero-order chi connectivity index (χ0) is 19.7. The Balaban J connectivity index is 1.56. The van der Waals surface area contributed by atoms with Crippen LogP contribution in [0.15, 0.2) is 41.4 Å². The summed E-state index contributed by atoms with van der Waals surface area (Å²) >= 11 is 1.34. The summed E-state index contributed by atoms with van der Waals surface area (Å²) in [4.78, 5) is 22.0. The van der Waals surface area contributed by atoms with E-state index >= 15 is 0 Å². The summed E-state index contributed by atoms with van der Waals surface area (Å²) in [6.45, 7) is 3.75. The molecule has 1 N–H and O–H groups in total. The molecule has 4 rings (SSSR count). The van der Waals surface area contributed by atoms with E-state index in [1.165, 1.54) is 11.8 Å². The number of hydrogen-bond acceptors (Lipinski definition) is 5. The number of pyridine rings is 2. The summed E-state index contributed by atoms with van der Waals surface area (Å²) in [5, 5.41) is 13.7. The van der Waals surface area contributed by atoms with Crippen LogP contribution in [-0.4, -0.2) is 21.1 Å². The molecule has 1 aliphatic carbocycles. The molecule has 0 radical (unpaired) electrons. The normalized spacial score (nSPS) is 13.8. The topological polar surface area (TPSA) is 78.7 Å². The molecule has 28 heavy (non-hydrogen) atoms. The largest absolute Gasteiger partial charge is 0.324 e.